The number of aromatic amines is 1. The fraction of sp³-hybridized carbons (Fsp3) is 0.611. The highest BCUT2D eigenvalue weighted by Crippen LogP contribution is 2.40. The molecule has 1 saturated heterocycles. The topological polar surface area (TPSA) is 78.8 Å². The average molecular weight is 342 g/mol. The van der Waals surface area contributed by atoms with Crippen LogP contribution in [0.2, 0.25) is 0 Å². The van der Waals surface area contributed by atoms with Gasteiger partial charge in [0.15, 0.2) is 0 Å². The van der Waals surface area contributed by atoms with E-state index in [1.165, 1.54) is 5.69 Å². The van der Waals surface area contributed by atoms with E-state index < -0.39 is 0 Å². The number of piperidine rings is 1. The molecular weight excluding hydrogens is 316 g/mol. The number of amides is 1. The van der Waals surface area contributed by atoms with Gasteiger partial charge in [0.1, 0.15) is 0 Å². The summed E-state index contributed by atoms with van der Waals surface area (Å²) < 4.78 is 1.95. The number of rotatable bonds is 5. The molecule has 1 aliphatic heterocycles. The van der Waals surface area contributed by atoms with Crippen molar-refractivity contribution in [1.82, 2.24) is 30.2 Å². The van der Waals surface area contributed by atoms with E-state index in [1.54, 1.807) is 6.20 Å². The number of hydrogen-bond acceptors (Lipinski definition) is 4. The van der Waals surface area contributed by atoms with Crippen molar-refractivity contribution < 1.29 is 4.79 Å². The Balaban J connectivity index is 1.46. The first kappa shape index (κ1) is 16.3. The van der Waals surface area contributed by atoms with Gasteiger partial charge >= 0.3 is 0 Å². The Morgan fingerprint density at radius 1 is 1.36 bits per heavy atom. The minimum absolute atomic E-state index is 0.00682. The molecule has 7 nitrogen and oxygen atoms in total. The van der Waals surface area contributed by atoms with Crippen LogP contribution in [0.1, 0.15) is 59.4 Å². The predicted octanol–water partition coefficient (Wildman–Crippen LogP) is 1.83. The van der Waals surface area contributed by atoms with Crippen molar-refractivity contribution in [2.45, 2.75) is 37.6 Å². The van der Waals surface area contributed by atoms with E-state index >= 15 is 0 Å². The van der Waals surface area contributed by atoms with Gasteiger partial charge in [0, 0.05) is 25.7 Å². The van der Waals surface area contributed by atoms with Gasteiger partial charge < -0.3 is 5.32 Å². The zero-order chi connectivity index (χ0) is 17.4. The summed E-state index contributed by atoms with van der Waals surface area (Å²) in [6, 6.07) is 2.37. The minimum Gasteiger partial charge on any atom is -0.352 e. The molecule has 2 aromatic heterocycles. The molecule has 0 unspecified atom stereocenters. The van der Waals surface area contributed by atoms with E-state index in [1.807, 2.05) is 17.9 Å². The summed E-state index contributed by atoms with van der Waals surface area (Å²) in [5, 5.41) is 14.6. The number of nitrogens with zero attached hydrogens (tertiary/aromatic N) is 4. The van der Waals surface area contributed by atoms with Crippen LogP contribution in [0.15, 0.2) is 18.5 Å². The van der Waals surface area contributed by atoms with Gasteiger partial charge in [0.25, 0.3) is 5.91 Å². The van der Waals surface area contributed by atoms with Gasteiger partial charge in [-0.15, -0.1) is 0 Å². The Labute approximate surface area is 147 Å². The largest absolute Gasteiger partial charge is 0.352 e. The minimum atomic E-state index is -0.00682. The van der Waals surface area contributed by atoms with E-state index in [4.69, 9.17) is 0 Å². The molecule has 1 aliphatic carbocycles. The molecule has 3 heterocycles. The molecule has 25 heavy (non-hydrogen) atoms. The van der Waals surface area contributed by atoms with Crippen LogP contribution < -0.4 is 5.32 Å². The summed E-state index contributed by atoms with van der Waals surface area (Å²) >= 11 is 0. The van der Waals surface area contributed by atoms with Crippen molar-refractivity contribution in [3.8, 4) is 0 Å². The zero-order valence-electron chi connectivity index (χ0n) is 14.9. The Morgan fingerprint density at radius 3 is 2.92 bits per heavy atom. The van der Waals surface area contributed by atoms with Crippen molar-refractivity contribution in [3.63, 3.8) is 0 Å². The molecule has 1 amide bonds. The summed E-state index contributed by atoms with van der Waals surface area (Å²) in [7, 11) is 4.15. The third kappa shape index (κ3) is 3.20. The lowest BCUT2D eigenvalue weighted by Gasteiger charge is -2.39. The number of H-pyrrole nitrogens is 1. The molecule has 2 atom stereocenters. The zero-order valence-corrected chi connectivity index (χ0v) is 14.9. The predicted molar refractivity (Wildman–Crippen MR) is 94.2 cm³/mol. The van der Waals surface area contributed by atoms with Gasteiger partial charge in [-0.2, -0.15) is 10.2 Å². The Morgan fingerprint density at radius 2 is 2.20 bits per heavy atom. The third-order valence-corrected chi connectivity index (χ3v) is 5.59. The number of aromatic nitrogens is 4. The Bertz CT molecular complexity index is 746. The van der Waals surface area contributed by atoms with E-state index in [2.05, 4.69) is 38.6 Å². The third-order valence-electron chi connectivity index (χ3n) is 5.59. The Hall–Kier alpha value is -2.15. The number of carbonyl (C=O) groups excluding carboxylic acids is 1. The van der Waals surface area contributed by atoms with Gasteiger partial charge in [-0.25, -0.2) is 0 Å². The van der Waals surface area contributed by atoms with E-state index in [0.717, 1.165) is 37.9 Å². The molecule has 0 aromatic carbocycles. The second-order valence-electron chi connectivity index (χ2n) is 7.39. The second-order valence-corrected chi connectivity index (χ2v) is 7.39. The molecule has 4 rings (SSSR count). The number of aryl methyl sites for hydroxylation is 1. The number of carbonyl (C=O) groups is 1. The lowest BCUT2D eigenvalue weighted by Crippen LogP contribution is -2.42. The first-order chi connectivity index (χ1) is 12.1. The van der Waals surface area contributed by atoms with Gasteiger partial charge in [-0.3, -0.25) is 19.5 Å². The maximum absolute atomic E-state index is 12.6. The molecule has 2 N–H and O–H groups in total. The lowest BCUT2D eigenvalue weighted by atomic mass is 9.87. The van der Waals surface area contributed by atoms with Crippen molar-refractivity contribution in [3.05, 3.63) is 35.4 Å². The molecule has 134 valence electrons. The fourth-order valence-electron chi connectivity index (χ4n) is 4.09. The quantitative estimate of drug-likeness (QED) is 0.869. The van der Waals surface area contributed by atoms with Crippen molar-refractivity contribution in [2.24, 2.45) is 13.0 Å². The average Bonchev–Trinajstić information content (AvgIpc) is 3.17. The summed E-state index contributed by atoms with van der Waals surface area (Å²) in [6.45, 7) is 1.75. The monoisotopic (exact) mass is 342 g/mol. The van der Waals surface area contributed by atoms with Gasteiger partial charge in [-0.05, 0) is 51.3 Å². The van der Waals surface area contributed by atoms with E-state index in [0.29, 0.717) is 23.9 Å². The smallest absolute Gasteiger partial charge is 0.254 e. The van der Waals surface area contributed by atoms with Crippen LogP contribution in [0.25, 0.3) is 0 Å². The molecule has 1 saturated carbocycles. The van der Waals surface area contributed by atoms with E-state index in [-0.39, 0.29) is 11.9 Å². The molecule has 0 bridgehead atoms. The highest BCUT2D eigenvalue weighted by atomic mass is 16.1. The maximum Gasteiger partial charge on any atom is 0.254 e. The molecule has 2 aromatic rings. The summed E-state index contributed by atoms with van der Waals surface area (Å²) in [6.07, 6.45) is 8.08. The van der Waals surface area contributed by atoms with Gasteiger partial charge in [0.2, 0.25) is 0 Å². The summed E-state index contributed by atoms with van der Waals surface area (Å²) in [5.41, 5.74) is 2.92. The van der Waals surface area contributed by atoms with Crippen LogP contribution in [-0.2, 0) is 7.05 Å². The molecule has 7 heteroatoms. The maximum atomic E-state index is 12.6. The molecule has 2 fully saturated rings. The van der Waals surface area contributed by atoms with Crippen molar-refractivity contribution in [1.29, 1.82) is 0 Å². The highest BCUT2D eigenvalue weighted by Gasteiger charge is 2.33. The molecule has 2 aliphatic rings. The standard InChI is InChI=1S/C18H26N6O/c1-23-9-3-4-13(17(23)15-7-8-21-24(15)2)10-19-18(25)14-11-20-22-16(14)12-5-6-12/h7-8,11-13,17H,3-6,9-10H2,1-2H3,(H,19,25)(H,20,22)/t13-,17+/m0/s1. The fourth-order valence-corrected chi connectivity index (χ4v) is 4.09. The van der Waals surface area contributed by atoms with E-state index in [9.17, 15) is 4.79 Å². The second kappa shape index (κ2) is 6.63. The molecule has 0 spiro atoms. The Kier molecular flexibility index (Phi) is 4.33. The molecule has 0 radical (unpaired) electrons. The van der Waals surface area contributed by atoms with Crippen molar-refractivity contribution in [2.75, 3.05) is 20.1 Å². The molecular formula is C18H26N6O. The highest BCUT2D eigenvalue weighted by molar-refractivity contribution is 5.95. The SMILES string of the molecule is CN1CCC[C@@H](CNC(=O)c2cn[nH]c2C2CC2)[C@@H]1c1ccnn1C. The van der Waals surface area contributed by atoms with Crippen molar-refractivity contribution >= 4 is 5.91 Å². The van der Waals surface area contributed by atoms with Gasteiger partial charge in [0.05, 0.1) is 29.2 Å². The number of nitrogens with one attached hydrogen (secondary N) is 2. The number of likely N-dealkylation sites (tertiary alicyclic amines) is 1. The van der Waals surface area contributed by atoms with Crippen LogP contribution in [0.3, 0.4) is 0 Å². The van der Waals surface area contributed by atoms with Crippen LogP contribution >= 0.6 is 0 Å². The van der Waals surface area contributed by atoms with Crippen LogP contribution in [0, 0.1) is 5.92 Å². The lowest BCUT2D eigenvalue weighted by molar-refractivity contribution is 0.0879. The normalized spacial score (nSPS) is 24.4. The van der Waals surface area contributed by atoms with Crippen LogP contribution in [-0.4, -0.2) is 50.9 Å². The first-order valence-electron chi connectivity index (χ1n) is 9.14. The number of hydrogen-bond donors (Lipinski definition) is 2. The van der Waals surface area contributed by atoms with Crippen LogP contribution in [0.4, 0.5) is 0 Å². The first-order valence-corrected chi connectivity index (χ1v) is 9.14. The summed E-state index contributed by atoms with van der Waals surface area (Å²) in [5.74, 6) is 0.869. The summed E-state index contributed by atoms with van der Waals surface area (Å²) in [4.78, 5) is 15.0. The van der Waals surface area contributed by atoms with Crippen LogP contribution in [0.5, 0.6) is 0 Å². The van der Waals surface area contributed by atoms with Gasteiger partial charge in [-0.1, -0.05) is 0 Å².